The van der Waals surface area contributed by atoms with E-state index in [4.69, 9.17) is 9.84 Å². The topological polar surface area (TPSA) is 77.2 Å². The number of fused-ring (bicyclic) bond motifs is 1. The predicted octanol–water partition coefficient (Wildman–Crippen LogP) is 1.64. The van der Waals surface area contributed by atoms with Crippen LogP contribution in [0.4, 0.5) is 0 Å². The van der Waals surface area contributed by atoms with Crippen LogP contribution in [-0.2, 0) is 16.1 Å². The van der Waals surface area contributed by atoms with Crippen molar-refractivity contribution in [1.29, 1.82) is 0 Å². The maximum atomic E-state index is 10.7. The number of imidazole rings is 1. The van der Waals surface area contributed by atoms with Crippen LogP contribution in [0.3, 0.4) is 0 Å². The molecule has 2 aromatic rings. The van der Waals surface area contributed by atoms with E-state index < -0.39 is 5.97 Å². The highest BCUT2D eigenvalue weighted by Gasteiger charge is 2.14. The van der Waals surface area contributed by atoms with Gasteiger partial charge >= 0.3 is 5.97 Å². The van der Waals surface area contributed by atoms with E-state index in [0.717, 1.165) is 11.0 Å². The maximum absolute atomic E-state index is 10.7. The van der Waals surface area contributed by atoms with Gasteiger partial charge in [0.1, 0.15) is 5.52 Å². The minimum atomic E-state index is -0.860. The molecule has 2 aromatic heterocycles. The lowest BCUT2D eigenvalue weighted by atomic mass is 10.3. The highest BCUT2D eigenvalue weighted by atomic mass is 32.2. The Kier molecular flexibility index (Phi) is 4.39. The van der Waals surface area contributed by atoms with Crippen molar-refractivity contribution in [3.05, 3.63) is 18.5 Å². The van der Waals surface area contributed by atoms with Gasteiger partial charge in [-0.15, -0.1) is 0 Å². The van der Waals surface area contributed by atoms with E-state index in [-0.39, 0.29) is 11.9 Å². The van der Waals surface area contributed by atoms with Gasteiger partial charge in [0.15, 0.2) is 5.16 Å². The number of pyridine rings is 1. The Morgan fingerprint density at radius 1 is 1.63 bits per heavy atom. The van der Waals surface area contributed by atoms with Crippen LogP contribution in [-0.4, -0.2) is 44.6 Å². The Hall–Kier alpha value is -1.60. The van der Waals surface area contributed by atoms with Crippen LogP contribution in [0.15, 0.2) is 23.6 Å². The number of nitrogens with zero attached hydrogens (tertiary/aromatic N) is 3. The van der Waals surface area contributed by atoms with Crippen LogP contribution in [0.2, 0.25) is 0 Å². The first-order valence-electron chi connectivity index (χ1n) is 5.79. The second-order valence-corrected chi connectivity index (χ2v) is 5.04. The number of ether oxygens (including phenoxy) is 1. The van der Waals surface area contributed by atoms with Gasteiger partial charge in [-0.2, -0.15) is 0 Å². The average Bonchev–Trinajstić information content (AvgIpc) is 2.74. The van der Waals surface area contributed by atoms with Gasteiger partial charge < -0.3 is 14.4 Å². The highest BCUT2D eigenvalue weighted by Crippen LogP contribution is 2.24. The average molecular weight is 281 g/mol. The summed E-state index contributed by atoms with van der Waals surface area (Å²) in [6.45, 7) is 2.58. The van der Waals surface area contributed by atoms with E-state index in [0.29, 0.717) is 11.7 Å². The fraction of sp³-hybridized carbons (Fsp3) is 0.417. The standard InChI is InChI=1S/C12H15N3O3S/c1-8(18-2)6-15-10-3-4-13-5-9(10)14-12(15)19-7-11(16)17/h3-5,8H,6-7H2,1-2H3,(H,16,17). The predicted molar refractivity (Wildman–Crippen MR) is 72.4 cm³/mol. The summed E-state index contributed by atoms with van der Waals surface area (Å²) in [6.07, 6.45) is 3.40. The summed E-state index contributed by atoms with van der Waals surface area (Å²) >= 11 is 1.20. The van der Waals surface area contributed by atoms with Crippen molar-refractivity contribution >= 4 is 28.8 Å². The molecule has 0 saturated heterocycles. The molecule has 1 N–H and O–H groups in total. The smallest absolute Gasteiger partial charge is 0.313 e. The summed E-state index contributed by atoms with van der Waals surface area (Å²) in [5.74, 6) is -0.875. The lowest BCUT2D eigenvalue weighted by Crippen LogP contribution is -2.15. The Morgan fingerprint density at radius 3 is 3.11 bits per heavy atom. The zero-order valence-electron chi connectivity index (χ0n) is 10.7. The van der Waals surface area contributed by atoms with Crippen LogP contribution >= 0.6 is 11.8 Å². The van der Waals surface area contributed by atoms with Crippen molar-refractivity contribution in [1.82, 2.24) is 14.5 Å². The van der Waals surface area contributed by atoms with E-state index in [1.54, 1.807) is 19.5 Å². The Bertz CT molecular complexity index is 585. The van der Waals surface area contributed by atoms with E-state index in [9.17, 15) is 4.79 Å². The van der Waals surface area contributed by atoms with Crippen LogP contribution in [0.1, 0.15) is 6.92 Å². The van der Waals surface area contributed by atoms with Gasteiger partial charge in [0.2, 0.25) is 0 Å². The van der Waals surface area contributed by atoms with Gasteiger partial charge in [-0.25, -0.2) is 4.98 Å². The Labute approximate surface area is 114 Å². The fourth-order valence-electron chi connectivity index (χ4n) is 1.70. The minimum Gasteiger partial charge on any atom is -0.481 e. The van der Waals surface area contributed by atoms with Gasteiger partial charge in [-0.3, -0.25) is 9.78 Å². The molecule has 1 unspecified atom stereocenters. The highest BCUT2D eigenvalue weighted by molar-refractivity contribution is 7.99. The molecule has 19 heavy (non-hydrogen) atoms. The third-order valence-electron chi connectivity index (χ3n) is 2.68. The number of thioether (sulfide) groups is 1. The van der Waals surface area contributed by atoms with Crippen LogP contribution in [0.5, 0.6) is 0 Å². The van der Waals surface area contributed by atoms with Gasteiger partial charge in [0.05, 0.1) is 30.1 Å². The first kappa shape index (κ1) is 13.8. The zero-order chi connectivity index (χ0) is 13.8. The first-order chi connectivity index (χ1) is 9.11. The van der Waals surface area contributed by atoms with Crippen molar-refractivity contribution in [3.63, 3.8) is 0 Å². The number of aliphatic carboxylic acids is 1. The molecular weight excluding hydrogens is 266 g/mol. The number of hydrogen-bond acceptors (Lipinski definition) is 5. The van der Waals surface area contributed by atoms with Gasteiger partial charge in [-0.1, -0.05) is 11.8 Å². The van der Waals surface area contributed by atoms with Crippen molar-refractivity contribution in [2.24, 2.45) is 0 Å². The van der Waals surface area contributed by atoms with Crippen LogP contribution in [0.25, 0.3) is 11.0 Å². The van der Waals surface area contributed by atoms with Crippen molar-refractivity contribution in [3.8, 4) is 0 Å². The first-order valence-corrected chi connectivity index (χ1v) is 6.78. The van der Waals surface area contributed by atoms with Crippen molar-refractivity contribution < 1.29 is 14.6 Å². The molecule has 0 aromatic carbocycles. The normalized spacial score (nSPS) is 12.7. The number of rotatable bonds is 6. The lowest BCUT2D eigenvalue weighted by Gasteiger charge is -2.13. The summed E-state index contributed by atoms with van der Waals surface area (Å²) < 4.78 is 7.23. The summed E-state index contributed by atoms with van der Waals surface area (Å²) in [5.41, 5.74) is 1.70. The summed E-state index contributed by atoms with van der Waals surface area (Å²) in [5, 5.41) is 9.45. The maximum Gasteiger partial charge on any atom is 0.313 e. The summed E-state index contributed by atoms with van der Waals surface area (Å²) in [4.78, 5) is 19.1. The molecule has 0 bridgehead atoms. The second-order valence-electron chi connectivity index (χ2n) is 4.10. The quantitative estimate of drug-likeness (QED) is 0.811. The minimum absolute atomic E-state index is 0.0158. The molecule has 2 heterocycles. The monoisotopic (exact) mass is 281 g/mol. The molecule has 0 fully saturated rings. The molecule has 0 spiro atoms. The number of carboxylic acid groups (broad SMARTS) is 1. The van der Waals surface area contributed by atoms with Gasteiger partial charge in [0.25, 0.3) is 0 Å². The van der Waals surface area contributed by atoms with E-state index in [1.807, 2.05) is 17.6 Å². The molecule has 102 valence electrons. The SMILES string of the molecule is COC(C)Cn1c(SCC(=O)O)nc2cnccc21. The molecular formula is C12H15N3O3S. The molecule has 0 amide bonds. The lowest BCUT2D eigenvalue weighted by molar-refractivity contribution is -0.133. The van der Waals surface area contributed by atoms with Crippen LogP contribution < -0.4 is 0 Å². The molecule has 0 aliphatic heterocycles. The number of methoxy groups -OCH3 is 1. The zero-order valence-corrected chi connectivity index (χ0v) is 11.6. The van der Waals surface area contributed by atoms with Crippen LogP contribution in [0, 0.1) is 0 Å². The number of carbonyl (C=O) groups is 1. The van der Waals surface area contributed by atoms with E-state index >= 15 is 0 Å². The molecule has 1 atom stereocenters. The van der Waals surface area contributed by atoms with Crippen molar-refractivity contribution in [2.75, 3.05) is 12.9 Å². The number of aromatic nitrogens is 3. The largest absolute Gasteiger partial charge is 0.481 e. The molecule has 7 heteroatoms. The third-order valence-corrected chi connectivity index (χ3v) is 3.64. The Morgan fingerprint density at radius 2 is 2.42 bits per heavy atom. The summed E-state index contributed by atoms with van der Waals surface area (Å²) in [7, 11) is 1.65. The van der Waals surface area contributed by atoms with Gasteiger partial charge in [-0.05, 0) is 13.0 Å². The second kappa shape index (κ2) is 6.03. The summed E-state index contributed by atoms with van der Waals surface area (Å²) in [6, 6.07) is 1.87. The molecule has 0 radical (unpaired) electrons. The fourth-order valence-corrected chi connectivity index (χ4v) is 2.45. The van der Waals surface area contributed by atoms with E-state index in [2.05, 4.69) is 9.97 Å². The van der Waals surface area contributed by atoms with Gasteiger partial charge in [0, 0.05) is 13.3 Å². The number of carboxylic acids is 1. The number of hydrogen-bond donors (Lipinski definition) is 1. The Balaban J connectivity index is 2.36. The van der Waals surface area contributed by atoms with Crippen molar-refractivity contribution in [2.45, 2.75) is 24.7 Å². The molecule has 0 aliphatic rings. The molecule has 0 saturated carbocycles. The van der Waals surface area contributed by atoms with E-state index in [1.165, 1.54) is 11.8 Å². The molecule has 0 aliphatic carbocycles. The molecule has 2 rings (SSSR count). The molecule has 6 nitrogen and oxygen atoms in total. The third kappa shape index (κ3) is 3.24.